The van der Waals surface area contributed by atoms with Gasteiger partial charge in [-0.05, 0) is 12.2 Å². The molecular formula is C6H5FO3. The molecule has 0 aromatic heterocycles. The molecule has 4 heteroatoms. The summed E-state index contributed by atoms with van der Waals surface area (Å²) in [4.78, 5) is 10.1. The topological polar surface area (TPSA) is 46.5 Å². The van der Waals surface area contributed by atoms with Crippen LogP contribution in [0, 0.1) is 0 Å². The van der Waals surface area contributed by atoms with E-state index in [0.717, 1.165) is 12.3 Å². The third-order valence-corrected chi connectivity index (χ3v) is 1.02. The van der Waals surface area contributed by atoms with Crippen molar-refractivity contribution in [1.82, 2.24) is 0 Å². The van der Waals surface area contributed by atoms with Crippen molar-refractivity contribution in [3.8, 4) is 0 Å². The Balaban J connectivity index is 2.73. The normalized spacial score (nSPS) is 23.3. The van der Waals surface area contributed by atoms with E-state index in [-0.39, 0.29) is 0 Å². The molecule has 0 aromatic rings. The van der Waals surface area contributed by atoms with Crippen molar-refractivity contribution >= 4 is 5.97 Å². The van der Waals surface area contributed by atoms with Gasteiger partial charge < -0.3 is 9.84 Å². The molecule has 54 valence electrons. The van der Waals surface area contributed by atoms with Crippen LogP contribution in [0.1, 0.15) is 0 Å². The molecule has 1 aliphatic heterocycles. The summed E-state index contributed by atoms with van der Waals surface area (Å²) in [5, 5.41) is 8.27. The number of aliphatic carboxylic acids is 1. The van der Waals surface area contributed by atoms with Gasteiger partial charge in [0, 0.05) is 0 Å². The Morgan fingerprint density at radius 1 is 1.80 bits per heavy atom. The van der Waals surface area contributed by atoms with E-state index in [1.165, 1.54) is 6.08 Å². The van der Waals surface area contributed by atoms with Crippen LogP contribution in [-0.2, 0) is 9.53 Å². The Kier molecular flexibility index (Phi) is 1.71. The maximum Gasteiger partial charge on any atom is 0.352 e. The number of allylic oxidation sites excluding steroid dienone is 2. The zero-order valence-corrected chi connectivity index (χ0v) is 4.95. The molecule has 0 radical (unpaired) electrons. The van der Waals surface area contributed by atoms with Crippen molar-refractivity contribution in [3.63, 3.8) is 0 Å². The Morgan fingerprint density at radius 2 is 2.50 bits per heavy atom. The first kappa shape index (κ1) is 6.80. The zero-order chi connectivity index (χ0) is 7.56. The van der Waals surface area contributed by atoms with Crippen molar-refractivity contribution in [1.29, 1.82) is 0 Å². The Hall–Kier alpha value is -1.32. The first-order valence-electron chi connectivity index (χ1n) is 2.62. The summed E-state index contributed by atoms with van der Waals surface area (Å²) in [5.41, 5.74) is 0. The molecule has 10 heavy (non-hydrogen) atoms. The number of carboxylic acid groups (broad SMARTS) is 1. The molecule has 1 heterocycles. The molecule has 1 N–H and O–H groups in total. The van der Waals surface area contributed by atoms with Gasteiger partial charge in [0.05, 0.1) is 6.26 Å². The lowest BCUT2D eigenvalue weighted by molar-refractivity contribution is -0.145. The van der Waals surface area contributed by atoms with E-state index in [1.54, 1.807) is 0 Å². The number of hydrogen-bond donors (Lipinski definition) is 1. The van der Waals surface area contributed by atoms with Crippen molar-refractivity contribution in [2.24, 2.45) is 0 Å². The molecule has 1 rings (SSSR count). The Bertz CT molecular complexity index is 207. The van der Waals surface area contributed by atoms with Crippen molar-refractivity contribution in [3.05, 3.63) is 24.2 Å². The summed E-state index contributed by atoms with van der Waals surface area (Å²) >= 11 is 0. The lowest BCUT2D eigenvalue weighted by Crippen LogP contribution is -2.23. The highest BCUT2D eigenvalue weighted by molar-refractivity contribution is 5.76. The molecular weight excluding hydrogens is 139 g/mol. The molecule has 0 saturated carbocycles. The molecule has 0 saturated heterocycles. The second-order valence-electron chi connectivity index (χ2n) is 1.73. The highest BCUT2D eigenvalue weighted by Gasteiger charge is 2.24. The predicted molar refractivity (Wildman–Crippen MR) is 30.8 cm³/mol. The average Bonchev–Trinajstić information content (AvgIpc) is 1.88. The van der Waals surface area contributed by atoms with Crippen molar-refractivity contribution in [2.75, 3.05) is 0 Å². The van der Waals surface area contributed by atoms with Crippen LogP contribution in [0.2, 0.25) is 0 Å². The van der Waals surface area contributed by atoms with Crippen LogP contribution in [0.15, 0.2) is 24.2 Å². The van der Waals surface area contributed by atoms with Crippen molar-refractivity contribution < 1.29 is 19.0 Å². The maximum absolute atomic E-state index is 12.4. The fraction of sp³-hybridized carbons (Fsp3) is 0.167. The minimum atomic E-state index is -1.45. The fourth-order valence-electron chi connectivity index (χ4n) is 0.584. The molecule has 1 atom stereocenters. The lowest BCUT2D eigenvalue weighted by Gasteiger charge is -2.11. The minimum absolute atomic E-state index is 0.782. The van der Waals surface area contributed by atoms with Crippen molar-refractivity contribution in [2.45, 2.75) is 6.10 Å². The molecule has 3 nitrogen and oxygen atoms in total. The van der Waals surface area contributed by atoms with E-state index in [4.69, 9.17) is 5.11 Å². The molecule has 0 bridgehead atoms. The van der Waals surface area contributed by atoms with Gasteiger partial charge in [-0.3, -0.25) is 0 Å². The highest BCUT2D eigenvalue weighted by atomic mass is 19.1. The largest absolute Gasteiger partial charge is 0.479 e. The number of hydrogen-bond acceptors (Lipinski definition) is 2. The van der Waals surface area contributed by atoms with Gasteiger partial charge in [0.25, 0.3) is 0 Å². The minimum Gasteiger partial charge on any atom is -0.479 e. The van der Waals surface area contributed by atoms with Gasteiger partial charge in [0.2, 0.25) is 6.10 Å². The van der Waals surface area contributed by atoms with Crippen LogP contribution in [0.5, 0.6) is 0 Å². The molecule has 0 aliphatic carbocycles. The average molecular weight is 144 g/mol. The van der Waals surface area contributed by atoms with Crippen LogP contribution in [0.3, 0.4) is 0 Å². The first-order chi connectivity index (χ1) is 4.72. The molecule has 0 spiro atoms. The third kappa shape index (κ3) is 1.15. The number of carboxylic acids is 1. The maximum atomic E-state index is 12.4. The van der Waals surface area contributed by atoms with Crippen LogP contribution in [-0.4, -0.2) is 17.2 Å². The van der Waals surface area contributed by atoms with E-state index >= 15 is 0 Å². The van der Waals surface area contributed by atoms with Crippen LogP contribution >= 0.6 is 0 Å². The van der Waals surface area contributed by atoms with Gasteiger partial charge in [-0.1, -0.05) is 0 Å². The van der Waals surface area contributed by atoms with Crippen LogP contribution in [0.25, 0.3) is 0 Å². The van der Waals surface area contributed by atoms with Gasteiger partial charge in [-0.25, -0.2) is 9.18 Å². The summed E-state index contributed by atoms with van der Waals surface area (Å²) in [5.74, 6) is -2.10. The first-order valence-corrected chi connectivity index (χ1v) is 2.62. The molecule has 1 unspecified atom stereocenters. The lowest BCUT2D eigenvalue weighted by atomic mass is 10.2. The summed E-state index contributed by atoms with van der Waals surface area (Å²) < 4.78 is 16.8. The van der Waals surface area contributed by atoms with E-state index < -0.39 is 17.9 Å². The smallest absolute Gasteiger partial charge is 0.352 e. The van der Waals surface area contributed by atoms with Gasteiger partial charge in [0.15, 0.2) is 5.83 Å². The molecule has 0 aromatic carbocycles. The molecule has 0 amide bonds. The zero-order valence-electron chi connectivity index (χ0n) is 4.95. The Morgan fingerprint density at radius 3 is 2.90 bits per heavy atom. The second-order valence-corrected chi connectivity index (χ2v) is 1.73. The van der Waals surface area contributed by atoms with E-state index in [9.17, 15) is 9.18 Å². The van der Waals surface area contributed by atoms with Gasteiger partial charge >= 0.3 is 5.97 Å². The standard InChI is InChI=1S/C6H5FO3/c7-4-2-1-3-10-5(4)6(8)9/h1-3,5H,(H,8,9). The quantitative estimate of drug-likeness (QED) is 0.593. The summed E-state index contributed by atoms with van der Waals surface area (Å²) in [6, 6.07) is 0. The summed E-state index contributed by atoms with van der Waals surface area (Å²) in [7, 11) is 0. The van der Waals surface area contributed by atoms with E-state index in [2.05, 4.69) is 4.74 Å². The number of ether oxygens (including phenoxy) is 1. The van der Waals surface area contributed by atoms with Gasteiger partial charge in [-0.15, -0.1) is 0 Å². The SMILES string of the molecule is O=C(O)C1OC=CC=C1F. The highest BCUT2D eigenvalue weighted by Crippen LogP contribution is 2.13. The van der Waals surface area contributed by atoms with Gasteiger partial charge in [0.1, 0.15) is 0 Å². The summed E-state index contributed by atoms with van der Waals surface area (Å²) in [6.45, 7) is 0. The number of halogens is 1. The van der Waals surface area contributed by atoms with Gasteiger partial charge in [-0.2, -0.15) is 0 Å². The fourth-order valence-corrected chi connectivity index (χ4v) is 0.584. The number of carbonyl (C=O) groups is 1. The Labute approximate surface area is 56.4 Å². The van der Waals surface area contributed by atoms with E-state index in [1.807, 2.05) is 0 Å². The van der Waals surface area contributed by atoms with E-state index in [0.29, 0.717) is 0 Å². The monoisotopic (exact) mass is 144 g/mol. The third-order valence-electron chi connectivity index (χ3n) is 1.02. The van der Waals surface area contributed by atoms with Crippen LogP contribution < -0.4 is 0 Å². The molecule has 0 fully saturated rings. The number of rotatable bonds is 1. The summed E-state index contributed by atoms with van der Waals surface area (Å²) in [6.07, 6.45) is 2.05. The van der Waals surface area contributed by atoms with Crippen LogP contribution in [0.4, 0.5) is 4.39 Å². The second kappa shape index (κ2) is 2.51. The predicted octanol–water partition coefficient (Wildman–Crippen LogP) is 0.837. The molecule has 1 aliphatic rings.